The number of anilines is 1. The van der Waals surface area contributed by atoms with E-state index in [2.05, 4.69) is 15.4 Å². The first kappa shape index (κ1) is 18.5. The van der Waals surface area contributed by atoms with Gasteiger partial charge in [0.2, 0.25) is 0 Å². The van der Waals surface area contributed by atoms with E-state index in [4.69, 9.17) is 11.6 Å². The van der Waals surface area contributed by atoms with Gasteiger partial charge >= 0.3 is 6.09 Å². The Bertz CT molecular complexity index is 895. The molecule has 5 nitrogen and oxygen atoms in total. The molecule has 0 aromatic heterocycles. The van der Waals surface area contributed by atoms with E-state index in [9.17, 15) is 18.4 Å². The van der Waals surface area contributed by atoms with Crippen LogP contribution in [0.5, 0.6) is 0 Å². The molecule has 136 valence electrons. The average molecular weight is 399 g/mol. The molecule has 0 fully saturated rings. The van der Waals surface area contributed by atoms with Crippen LogP contribution in [0.3, 0.4) is 0 Å². The summed E-state index contributed by atoms with van der Waals surface area (Å²) in [6, 6.07) is 5.73. The molecule has 26 heavy (non-hydrogen) atoms. The lowest BCUT2D eigenvalue weighted by atomic mass is 10.0. The maximum atomic E-state index is 14.3. The summed E-state index contributed by atoms with van der Waals surface area (Å²) in [5.41, 5.74) is 0.804. The van der Waals surface area contributed by atoms with Crippen molar-refractivity contribution >= 4 is 41.1 Å². The number of fused-ring (bicyclic) bond motifs is 1. The third-order valence-electron chi connectivity index (χ3n) is 3.79. The van der Waals surface area contributed by atoms with Crippen molar-refractivity contribution in [3.8, 4) is 0 Å². The van der Waals surface area contributed by atoms with Crippen LogP contribution in [-0.4, -0.2) is 24.9 Å². The van der Waals surface area contributed by atoms with Crippen molar-refractivity contribution in [1.82, 2.24) is 5.32 Å². The molecule has 2 amide bonds. The molecule has 9 heteroatoms. The molecule has 3 rings (SSSR count). The van der Waals surface area contributed by atoms with Crippen LogP contribution in [0, 0.1) is 11.6 Å². The van der Waals surface area contributed by atoms with Gasteiger partial charge in [-0.15, -0.1) is 11.8 Å². The number of nitrogens with one attached hydrogen (secondary N) is 2. The van der Waals surface area contributed by atoms with E-state index in [1.54, 1.807) is 0 Å². The number of amides is 2. The first-order chi connectivity index (χ1) is 12.4. The van der Waals surface area contributed by atoms with Crippen LogP contribution in [0.1, 0.15) is 22.0 Å². The summed E-state index contributed by atoms with van der Waals surface area (Å²) in [5.74, 6) is -1.24. The number of rotatable bonds is 3. The molecule has 1 aliphatic rings. The summed E-state index contributed by atoms with van der Waals surface area (Å²) in [4.78, 5) is 24.4. The fourth-order valence-electron chi connectivity index (χ4n) is 2.57. The zero-order valence-corrected chi connectivity index (χ0v) is 15.0. The number of methoxy groups -OCH3 is 1. The molecule has 2 aromatic carbocycles. The molecule has 0 radical (unpaired) electrons. The fraction of sp³-hybridized carbons (Fsp3) is 0.176. The van der Waals surface area contributed by atoms with E-state index in [1.807, 2.05) is 0 Å². The molecule has 0 aliphatic carbocycles. The van der Waals surface area contributed by atoms with Gasteiger partial charge in [-0.1, -0.05) is 11.6 Å². The maximum absolute atomic E-state index is 14.3. The van der Waals surface area contributed by atoms with Gasteiger partial charge in [0.15, 0.2) is 0 Å². The minimum atomic E-state index is -0.682. The number of benzene rings is 2. The van der Waals surface area contributed by atoms with E-state index in [-0.39, 0.29) is 16.1 Å². The highest BCUT2D eigenvalue weighted by Gasteiger charge is 2.32. The van der Waals surface area contributed by atoms with Crippen molar-refractivity contribution in [1.29, 1.82) is 0 Å². The van der Waals surface area contributed by atoms with Crippen molar-refractivity contribution < 1.29 is 23.1 Å². The first-order valence-corrected chi connectivity index (χ1v) is 8.83. The normalized spacial score (nSPS) is 15.3. The standard InChI is InChI=1S/C17H13ClF2N2O3S/c1-25-17(24)22-13-7-26-15-9(3-5-12(20)14(13)15)16(23)21-8-2-4-11(19)10(18)6-8/h2-6,13H,7H2,1H3,(H,21,23)(H,22,24). The molecule has 1 heterocycles. The Kier molecular flexibility index (Phi) is 5.33. The van der Waals surface area contributed by atoms with Crippen molar-refractivity contribution in [2.75, 3.05) is 18.2 Å². The maximum Gasteiger partial charge on any atom is 0.407 e. The molecule has 0 saturated carbocycles. The number of thioether (sulfide) groups is 1. The summed E-state index contributed by atoms with van der Waals surface area (Å²) in [7, 11) is 1.21. The van der Waals surface area contributed by atoms with Gasteiger partial charge in [-0.05, 0) is 30.3 Å². The van der Waals surface area contributed by atoms with Gasteiger partial charge in [0.05, 0.1) is 23.7 Å². The third kappa shape index (κ3) is 3.61. The van der Waals surface area contributed by atoms with Crippen molar-refractivity contribution in [3.05, 3.63) is 58.1 Å². The second kappa shape index (κ2) is 7.51. The summed E-state index contributed by atoms with van der Waals surface area (Å²) < 4.78 is 32.0. The molecule has 1 unspecified atom stereocenters. The van der Waals surface area contributed by atoms with Gasteiger partial charge in [0.25, 0.3) is 5.91 Å². The summed E-state index contributed by atoms with van der Waals surface area (Å²) >= 11 is 6.96. The van der Waals surface area contributed by atoms with Crippen LogP contribution in [0.25, 0.3) is 0 Å². The van der Waals surface area contributed by atoms with Crippen LogP contribution in [0.15, 0.2) is 35.2 Å². The lowest BCUT2D eigenvalue weighted by molar-refractivity contribution is 0.102. The van der Waals surface area contributed by atoms with Gasteiger partial charge in [0.1, 0.15) is 11.6 Å². The Balaban J connectivity index is 1.88. The van der Waals surface area contributed by atoms with E-state index < -0.39 is 29.7 Å². The summed E-state index contributed by atoms with van der Waals surface area (Å²) in [5, 5.41) is 5.03. The van der Waals surface area contributed by atoms with Crippen LogP contribution in [0.4, 0.5) is 19.3 Å². The van der Waals surface area contributed by atoms with Crippen LogP contribution in [-0.2, 0) is 4.74 Å². The smallest absolute Gasteiger partial charge is 0.407 e. The zero-order chi connectivity index (χ0) is 18.8. The van der Waals surface area contributed by atoms with Crippen LogP contribution in [0.2, 0.25) is 5.02 Å². The highest BCUT2D eigenvalue weighted by atomic mass is 35.5. The average Bonchev–Trinajstić information content (AvgIpc) is 3.02. The molecule has 1 aliphatic heterocycles. The molecule has 0 saturated heterocycles. The Labute approximate surface area is 157 Å². The van der Waals surface area contributed by atoms with E-state index in [0.717, 1.165) is 6.07 Å². The number of carbonyl (C=O) groups excluding carboxylic acids is 2. The highest BCUT2D eigenvalue weighted by Crippen LogP contribution is 2.42. The largest absolute Gasteiger partial charge is 0.453 e. The molecular weight excluding hydrogens is 386 g/mol. The van der Waals surface area contributed by atoms with Gasteiger partial charge in [-0.2, -0.15) is 0 Å². The Morgan fingerprint density at radius 1 is 1.23 bits per heavy atom. The van der Waals surface area contributed by atoms with Crippen LogP contribution >= 0.6 is 23.4 Å². The molecule has 0 bridgehead atoms. The summed E-state index contributed by atoms with van der Waals surface area (Å²) in [6.07, 6.45) is -0.682. The number of hydrogen-bond donors (Lipinski definition) is 2. The van der Waals surface area contributed by atoms with E-state index in [1.165, 1.54) is 43.1 Å². The second-order valence-electron chi connectivity index (χ2n) is 5.42. The van der Waals surface area contributed by atoms with Gasteiger partial charge in [0, 0.05) is 21.9 Å². The minimum Gasteiger partial charge on any atom is -0.453 e. The lowest BCUT2D eigenvalue weighted by Gasteiger charge is -2.14. The van der Waals surface area contributed by atoms with Crippen molar-refractivity contribution in [2.24, 2.45) is 0 Å². The number of halogens is 3. The Morgan fingerprint density at radius 3 is 2.65 bits per heavy atom. The zero-order valence-electron chi connectivity index (χ0n) is 13.4. The molecule has 2 aromatic rings. The third-order valence-corrected chi connectivity index (χ3v) is 5.30. The quantitative estimate of drug-likeness (QED) is 0.805. The molecule has 2 N–H and O–H groups in total. The van der Waals surface area contributed by atoms with E-state index in [0.29, 0.717) is 16.3 Å². The number of hydrogen-bond acceptors (Lipinski definition) is 4. The monoisotopic (exact) mass is 398 g/mol. The van der Waals surface area contributed by atoms with Crippen molar-refractivity contribution in [2.45, 2.75) is 10.9 Å². The Hall–Kier alpha value is -2.32. The lowest BCUT2D eigenvalue weighted by Crippen LogP contribution is -2.29. The van der Waals surface area contributed by atoms with Gasteiger partial charge in [-0.25, -0.2) is 13.6 Å². The van der Waals surface area contributed by atoms with Crippen molar-refractivity contribution in [3.63, 3.8) is 0 Å². The molecule has 1 atom stereocenters. The summed E-state index contributed by atoms with van der Waals surface area (Å²) in [6.45, 7) is 0. The SMILES string of the molecule is COC(=O)NC1CSc2c(C(=O)Nc3ccc(F)c(Cl)c3)ccc(F)c21. The van der Waals surface area contributed by atoms with Gasteiger partial charge in [-0.3, -0.25) is 4.79 Å². The topological polar surface area (TPSA) is 67.4 Å². The minimum absolute atomic E-state index is 0.121. The number of alkyl carbamates (subject to hydrolysis) is 1. The fourth-order valence-corrected chi connectivity index (χ4v) is 4.05. The number of carbonyl (C=O) groups is 2. The predicted molar refractivity (Wildman–Crippen MR) is 94.8 cm³/mol. The van der Waals surface area contributed by atoms with E-state index >= 15 is 0 Å². The first-order valence-electron chi connectivity index (χ1n) is 7.46. The molecular formula is C17H13ClF2N2O3S. The number of ether oxygens (including phenoxy) is 1. The second-order valence-corrected chi connectivity index (χ2v) is 6.86. The van der Waals surface area contributed by atoms with Crippen LogP contribution < -0.4 is 10.6 Å². The van der Waals surface area contributed by atoms with Gasteiger partial charge < -0.3 is 15.4 Å². The molecule has 0 spiro atoms. The Morgan fingerprint density at radius 2 is 1.96 bits per heavy atom. The predicted octanol–water partition coefficient (Wildman–Crippen LogP) is 4.37. The highest BCUT2D eigenvalue weighted by molar-refractivity contribution is 7.99.